The van der Waals surface area contributed by atoms with Gasteiger partial charge in [-0.2, -0.15) is 0 Å². The lowest BCUT2D eigenvalue weighted by molar-refractivity contribution is -0.386. The molecule has 0 aliphatic carbocycles. The van der Waals surface area contributed by atoms with Gasteiger partial charge in [0.25, 0.3) is 5.69 Å². The van der Waals surface area contributed by atoms with Crippen molar-refractivity contribution in [1.82, 2.24) is 0 Å². The molecule has 114 valence electrons. The second kappa shape index (κ2) is 6.81. The lowest BCUT2D eigenvalue weighted by atomic mass is 9.98. The Balaban J connectivity index is 2.29. The average molecular weight is 364 g/mol. The van der Waals surface area contributed by atoms with Gasteiger partial charge in [0.15, 0.2) is 5.78 Å². The molecule has 2 aromatic carbocycles. The highest BCUT2D eigenvalue weighted by atomic mass is 79.9. The van der Waals surface area contributed by atoms with Crippen LogP contribution in [0.2, 0.25) is 0 Å². The van der Waals surface area contributed by atoms with E-state index in [1.54, 1.807) is 30.3 Å². The van der Waals surface area contributed by atoms with Gasteiger partial charge >= 0.3 is 0 Å². The van der Waals surface area contributed by atoms with E-state index in [0.29, 0.717) is 5.56 Å². The molecule has 2 atom stereocenters. The van der Waals surface area contributed by atoms with Crippen molar-refractivity contribution in [2.75, 3.05) is 0 Å². The molecule has 1 N–H and O–H groups in total. The molecule has 0 unspecified atom stereocenters. The van der Waals surface area contributed by atoms with Gasteiger partial charge in [-0.05, 0) is 13.0 Å². The van der Waals surface area contributed by atoms with Crippen molar-refractivity contribution in [3.8, 4) is 0 Å². The summed E-state index contributed by atoms with van der Waals surface area (Å²) in [5, 5.41) is 21.4. The van der Waals surface area contributed by atoms with Gasteiger partial charge in [-0.25, -0.2) is 0 Å². The fraction of sp³-hybridized carbons (Fsp3) is 0.188. The SMILES string of the molecule is Cc1ccc(C(=O)[C@@H](Br)[C@@H](O)c2ccccc2[N+](=O)[O-])cc1. The molecule has 2 aromatic rings. The van der Waals surface area contributed by atoms with Crippen molar-refractivity contribution < 1.29 is 14.8 Å². The first kappa shape index (κ1) is 16.3. The maximum Gasteiger partial charge on any atom is 0.275 e. The molecule has 22 heavy (non-hydrogen) atoms. The number of hydrogen-bond donors (Lipinski definition) is 1. The number of aryl methyl sites for hydroxylation is 1. The van der Waals surface area contributed by atoms with Crippen LogP contribution < -0.4 is 0 Å². The second-order valence-corrected chi connectivity index (χ2v) is 5.88. The van der Waals surface area contributed by atoms with E-state index in [-0.39, 0.29) is 17.0 Å². The first-order valence-electron chi connectivity index (χ1n) is 6.58. The molecule has 0 aliphatic heterocycles. The predicted molar refractivity (Wildman–Crippen MR) is 86.3 cm³/mol. The van der Waals surface area contributed by atoms with Gasteiger partial charge in [0.05, 0.1) is 10.5 Å². The van der Waals surface area contributed by atoms with Gasteiger partial charge in [-0.15, -0.1) is 0 Å². The number of nitro benzene ring substituents is 1. The summed E-state index contributed by atoms with van der Waals surface area (Å²) < 4.78 is 0. The molecule has 0 spiro atoms. The van der Waals surface area contributed by atoms with Gasteiger partial charge in [0.2, 0.25) is 0 Å². The maximum absolute atomic E-state index is 12.4. The third kappa shape index (κ3) is 3.40. The summed E-state index contributed by atoms with van der Waals surface area (Å²) in [5.74, 6) is -0.328. The van der Waals surface area contributed by atoms with Gasteiger partial charge in [-0.3, -0.25) is 14.9 Å². The zero-order chi connectivity index (χ0) is 16.3. The van der Waals surface area contributed by atoms with Gasteiger partial charge in [0.1, 0.15) is 10.9 Å². The van der Waals surface area contributed by atoms with Gasteiger partial charge < -0.3 is 5.11 Å². The van der Waals surface area contributed by atoms with Crippen LogP contribution >= 0.6 is 15.9 Å². The zero-order valence-corrected chi connectivity index (χ0v) is 13.4. The molecular weight excluding hydrogens is 350 g/mol. The lowest BCUT2D eigenvalue weighted by Crippen LogP contribution is -2.23. The van der Waals surface area contributed by atoms with E-state index in [1.165, 1.54) is 18.2 Å². The smallest absolute Gasteiger partial charge is 0.275 e. The maximum atomic E-state index is 12.4. The zero-order valence-electron chi connectivity index (χ0n) is 11.8. The van der Waals surface area contributed by atoms with E-state index in [1.807, 2.05) is 6.92 Å². The summed E-state index contributed by atoms with van der Waals surface area (Å²) in [4.78, 5) is 21.9. The predicted octanol–water partition coefficient (Wildman–Crippen LogP) is 3.58. The second-order valence-electron chi connectivity index (χ2n) is 4.89. The third-order valence-corrected chi connectivity index (χ3v) is 4.23. The van der Waals surface area contributed by atoms with Crippen molar-refractivity contribution in [2.24, 2.45) is 0 Å². The van der Waals surface area contributed by atoms with Crippen molar-refractivity contribution in [3.63, 3.8) is 0 Å². The number of nitro groups is 1. The number of ketones is 1. The summed E-state index contributed by atoms with van der Waals surface area (Å²) in [6.45, 7) is 1.90. The largest absolute Gasteiger partial charge is 0.386 e. The molecule has 6 heteroatoms. The molecule has 0 saturated carbocycles. The van der Waals surface area contributed by atoms with Crippen molar-refractivity contribution in [1.29, 1.82) is 0 Å². The van der Waals surface area contributed by atoms with Crippen LogP contribution in [0.5, 0.6) is 0 Å². The third-order valence-electron chi connectivity index (χ3n) is 3.32. The standard InChI is InChI=1S/C16H14BrNO4/c1-10-6-8-11(9-7-10)15(19)14(17)16(20)12-4-2-3-5-13(12)18(21)22/h2-9,14,16,20H,1H3/t14-,16+/m1/s1. The van der Waals surface area contributed by atoms with Crippen LogP contribution in [0.25, 0.3) is 0 Å². The highest BCUT2D eigenvalue weighted by Gasteiger charge is 2.30. The summed E-state index contributed by atoms with van der Waals surface area (Å²) in [6.07, 6.45) is -1.31. The van der Waals surface area contributed by atoms with Gasteiger partial charge in [-0.1, -0.05) is 57.9 Å². The summed E-state index contributed by atoms with van der Waals surface area (Å²) >= 11 is 3.16. The number of benzene rings is 2. The average Bonchev–Trinajstić information content (AvgIpc) is 2.53. The molecule has 0 aromatic heterocycles. The molecule has 0 heterocycles. The number of aliphatic hydroxyl groups excluding tert-OH is 1. The molecule has 0 amide bonds. The number of rotatable bonds is 5. The number of Topliss-reactive ketones (excluding diaryl/α,β-unsaturated/α-hetero) is 1. The highest BCUT2D eigenvalue weighted by molar-refractivity contribution is 9.10. The van der Waals surface area contributed by atoms with Gasteiger partial charge in [0, 0.05) is 11.6 Å². The number of alkyl halides is 1. The first-order valence-corrected chi connectivity index (χ1v) is 7.49. The Morgan fingerprint density at radius 3 is 2.36 bits per heavy atom. The minimum Gasteiger partial charge on any atom is -0.386 e. The van der Waals surface area contributed by atoms with E-state index >= 15 is 0 Å². The molecule has 0 radical (unpaired) electrons. The van der Waals surface area contributed by atoms with E-state index in [4.69, 9.17) is 0 Å². The minimum absolute atomic E-state index is 0.106. The number of carbonyl (C=O) groups excluding carboxylic acids is 1. The van der Waals surface area contributed by atoms with Crippen molar-refractivity contribution >= 4 is 27.4 Å². The van der Waals surface area contributed by atoms with Crippen LogP contribution in [0.1, 0.15) is 27.6 Å². The van der Waals surface area contributed by atoms with Crippen LogP contribution in [0.15, 0.2) is 48.5 Å². The molecule has 2 rings (SSSR count). The molecular formula is C16H14BrNO4. The Morgan fingerprint density at radius 1 is 1.18 bits per heavy atom. The van der Waals surface area contributed by atoms with Crippen LogP contribution in [0.3, 0.4) is 0 Å². The monoisotopic (exact) mass is 363 g/mol. The van der Waals surface area contributed by atoms with Crippen LogP contribution in [0.4, 0.5) is 5.69 Å². The molecule has 5 nitrogen and oxygen atoms in total. The fourth-order valence-electron chi connectivity index (χ4n) is 2.08. The summed E-state index contributed by atoms with van der Waals surface area (Å²) in [5.41, 5.74) is 1.35. The fourth-order valence-corrected chi connectivity index (χ4v) is 2.63. The van der Waals surface area contributed by atoms with E-state index in [2.05, 4.69) is 15.9 Å². The first-order chi connectivity index (χ1) is 10.4. The number of aliphatic hydroxyl groups is 1. The topological polar surface area (TPSA) is 80.4 Å². The van der Waals surface area contributed by atoms with E-state index in [9.17, 15) is 20.0 Å². The van der Waals surface area contributed by atoms with Crippen molar-refractivity contribution in [3.05, 3.63) is 75.3 Å². The Labute approximate surface area is 135 Å². The van der Waals surface area contributed by atoms with E-state index in [0.717, 1.165) is 5.56 Å². The quantitative estimate of drug-likeness (QED) is 0.381. The number of halogens is 1. The Kier molecular flexibility index (Phi) is 5.05. The Morgan fingerprint density at radius 2 is 1.77 bits per heavy atom. The highest BCUT2D eigenvalue weighted by Crippen LogP contribution is 2.31. The molecule has 0 fully saturated rings. The minimum atomic E-state index is -1.31. The van der Waals surface area contributed by atoms with Crippen LogP contribution in [-0.2, 0) is 0 Å². The number of carbonyl (C=O) groups is 1. The number of para-hydroxylation sites is 1. The Hall–Kier alpha value is -2.05. The van der Waals surface area contributed by atoms with Crippen LogP contribution in [-0.4, -0.2) is 20.6 Å². The molecule has 0 bridgehead atoms. The number of nitrogens with zero attached hydrogens (tertiary/aromatic N) is 1. The van der Waals surface area contributed by atoms with E-state index < -0.39 is 15.9 Å². The molecule has 0 saturated heterocycles. The molecule has 0 aliphatic rings. The van der Waals surface area contributed by atoms with Crippen molar-refractivity contribution in [2.45, 2.75) is 17.9 Å². The van der Waals surface area contributed by atoms with Crippen LogP contribution in [0, 0.1) is 17.0 Å². The lowest BCUT2D eigenvalue weighted by Gasteiger charge is -2.17. The summed E-state index contributed by atoms with van der Waals surface area (Å²) in [6, 6.07) is 12.8. The Bertz CT molecular complexity index is 700. The number of hydrogen-bond acceptors (Lipinski definition) is 4. The summed E-state index contributed by atoms with van der Waals surface area (Å²) in [7, 11) is 0. The normalized spacial score (nSPS) is 13.4.